The average molecular weight is 256 g/mol. The fourth-order valence-corrected chi connectivity index (χ4v) is 2.05. The van der Waals surface area contributed by atoms with Crippen molar-refractivity contribution in [1.82, 2.24) is 0 Å². The number of carbonyl (C=O) groups is 1. The van der Waals surface area contributed by atoms with Crippen LogP contribution in [0, 0.1) is 5.82 Å². The molecule has 0 aliphatic heterocycles. The van der Waals surface area contributed by atoms with Gasteiger partial charge < -0.3 is 0 Å². The summed E-state index contributed by atoms with van der Waals surface area (Å²) in [6.07, 6.45) is 0.120. The maximum Gasteiger partial charge on any atom is 0.147 e. The number of hydrogen-bond acceptors (Lipinski definition) is 1. The van der Waals surface area contributed by atoms with Crippen LogP contribution in [0.15, 0.2) is 54.6 Å². The predicted molar refractivity (Wildman–Crippen MR) is 74.6 cm³/mol. The van der Waals surface area contributed by atoms with Crippen LogP contribution in [0.25, 0.3) is 0 Å². The summed E-state index contributed by atoms with van der Waals surface area (Å²) in [6, 6.07) is 16.0. The van der Waals surface area contributed by atoms with Crippen molar-refractivity contribution in [2.24, 2.45) is 0 Å². The molecule has 2 aromatic carbocycles. The lowest BCUT2D eigenvalue weighted by atomic mass is 9.78. The van der Waals surface area contributed by atoms with E-state index < -0.39 is 5.41 Å². The van der Waals surface area contributed by atoms with Crippen LogP contribution >= 0.6 is 0 Å². The minimum Gasteiger partial charge on any atom is -0.298 e. The van der Waals surface area contributed by atoms with Gasteiger partial charge in [0, 0.05) is 11.8 Å². The van der Waals surface area contributed by atoms with E-state index in [1.54, 1.807) is 18.2 Å². The van der Waals surface area contributed by atoms with E-state index in [9.17, 15) is 9.18 Å². The van der Waals surface area contributed by atoms with Crippen molar-refractivity contribution in [3.05, 3.63) is 71.5 Å². The molecule has 0 aliphatic rings. The number of rotatable bonds is 4. The van der Waals surface area contributed by atoms with Crippen molar-refractivity contribution in [3.63, 3.8) is 0 Å². The normalized spacial score (nSPS) is 11.3. The first-order valence-corrected chi connectivity index (χ1v) is 6.34. The van der Waals surface area contributed by atoms with Crippen LogP contribution in [0.3, 0.4) is 0 Å². The molecule has 1 nitrogen and oxygen atoms in total. The summed E-state index contributed by atoms with van der Waals surface area (Å²) in [5.41, 5.74) is 0.802. The van der Waals surface area contributed by atoms with Gasteiger partial charge in [-0.25, -0.2) is 4.39 Å². The van der Waals surface area contributed by atoms with Crippen LogP contribution in [0.4, 0.5) is 4.39 Å². The average Bonchev–Trinajstić information content (AvgIpc) is 2.42. The van der Waals surface area contributed by atoms with Crippen LogP contribution in [0.5, 0.6) is 0 Å². The molecule has 0 amide bonds. The molecule has 2 rings (SSSR count). The molecule has 0 aliphatic carbocycles. The molecule has 0 N–H and O–H groups in total. The molecule has 0 saturated heterocycles. The third-order valence-corrected chi connectivity index (χ3v) is 3.50. The lowest BCUT2D eigenvalue weighted by Gasteiger charge is -2.23. The zero-order valence-electron chi connectivity index (χ0n) is 11.2. The molecule has 0 radical (unpaired) electrons. The van der Waals surface area contributed by atoms with Crippen LogP contribution in [0.1, 0.15) is 25.0 Å². The van der Waals surface area contributed by atoms with Gasteiger partial charge in [0.25, 0.3) is 0 Å². The van der Waals surface area contributed by atoms with Crippen molar-refractivity contribution in [3.8, 4) is 0 Å². The van der Waals surface area contributed by atoms with Gasteiger partial charge in [0.1, 0.15) is 11.6 Å². The first-order chi connectivity index (χ1) is 9.01. The summed E-state index contributed by atoms with van der Waals surface area (Å²) < 4.78 is 13.6. The molecule has 98 valence electrons. The Bertz CT molecular complexity index is 573. The van der Waals surface area contributed by atoms with Gasteiger partial charge in [0.05, 0.1) is 0 Å². The van der Waals surface area contributed by atoms with Gasteiger partial charge in [-0.1, -0.05) is 48.5 Å². The Balaban J connectivity index is 2.23. The van der Waals surface area contributed by atoms with Crippen molar-refractivity contribution in [1.29, 1.82) is 0 Å². The van der Waals surface area contributed by atoms with Crippen LogP contribution in [-0.2, 0) is 16.6 Å². The van der Waals surface area contributed by atoms with Crippen LogP contribution in [0.2, 0.25) is 0 Å². The first-order valence-electron chi connectivity index (χ1n) is 6.34. The summed E-state index contributed by atoms with van der Waals surface area (Å²) in [5, 5.41) is 0. The number of ketones is 1. The standard InChI is InChI=1S/C17H17FO/c1-17(2,14-9-4-3-5-10-14)16(19)12-13-8-6-7-11-15(13)18/h3-11H,12H2,1-2H3. The number of halogens is 1. The van der Waals surface area contributed by atoms with Gasteiger partial charge in [0.2, 0.25) is 0 Å². The quantitative estimate of drug-likeness (QED) is 0.810. The summed E-state index contributed by atoms with van der Waals surface area (Å²) >= 11 is 0. The van der Waals surface area contributed by atoms with E-state index in [4.69, 9.17) is 0 Å². The van der Waals surface area contributed by atoms with E-state index in [2.05, 4.69) is 0 Å². The highest BCUT2D eigenvalue weighted by Gasteiger charge is 2.29. The molecular weight excluding hydrogens is 239 g/mol. The lowest BCUT2D eigenvalue weighted by molar-refractivity contribution is -0.122. The molecule has 0 bridgehead atoms. The molecule has 0 spiro atoms. The fourth-order valence-electron chi connectivity index (χ4n) is 2.05. The van der Waals surface area contributed by atoms with Crippen molar-refractivity contribution >= 4 is 5.78 Å². The molecule has 2 heteroatoms. The number of benzene rings is 2. The minimum absolute atomic E-state index is 0.0174. The largest absolute Gasteiger partial charge is 0.298 e. The Morgan fingerprint density at radius 2 is 1.58 bits per heavy atom. The molecule has 19 heavy (non-hydrogen) atoms. The maximum atomic E-state index is 13.6. The Labute approximate surface area is 113 Å². The number of carbonyl (C=O) groups excluding carboxylic acids is 1. The second kappa shape index (κ2) is 5.35. The zero-order valence-corrected chi connectivity index (χ0v) is 11.2. The molecule has 0 aromatic heterocycles. The minimum atomic E-state index is -0.608. The first kappa shape index (κ1) is 13.5. The highest BCUT2D eigenvalue weighted by molar-refractivity contribution is 5.91. The molecular formula is C17H17FO. The summed E-state index contributed by atoms with van der Waals surface area (Å²) in [7, 11) is 0. The third-order valence-electron chi connectivity index (χ3n) is 3.50. The number of Topliss-reactive ketones (excluding diaryl/α,β-unsaturated/α-hetero) is 1. The molecule has 0 heterocycles. The summed E-state index contributed by atoms with van der Waals surface area (Å²) in [5.74, 6) is -0.302. The van der Waals surface area contributed by atoms with Crippen molar-refractivity contribution < 1.29 is 9.18 Å². The third kappa shape index (κ3) is 2.90. The highest BCUT2D eigenvalue weighted by atomic mass is 19.1. The summed E-state index contributed by atoms with van der Waals surface area (Å²) in [6.45, 7) is 3.76. The topological polar surface area (TPSA) is 17.1 Å². The van der Waals surface area contributed by atoms with Crippen LogP contribution < -0.4 is 0 Å². The predicted octanol–water partition coefficient (Wildman–Crippen LogP) is 3.92. The highest BCUT2D eigenvalue weighted by Crippen LogP contribution is 2.26. The second-order valence-electron chi connectivity index (χ2n) is 5.18. The van der Waals surface area contributed by atoms with Gasteiger partial charge in [-0.3, -0.25) is 4.79 Å². The van der Waals surface area contributed by atoms with Crippen molar-refractivity contribution in [2.45, 2.75) is 25.7 Å². The fraction of sp³-hybridized carbons (Fsp3) is 0.235. The van der Waals surface area contributed by atoms with Crippen LogP contribution in [-0.4, -0.2) is 5.78 Å². The van der Waals surface area contributed by atoms with E-state index in [0.717, 1.165) is 5.56 Å². The Morgan fingerprint density at radius 3 is 2.21 bits per heavy atom. The van der Waals surface area contributed by atoms with E-state index in [1.165, 1.54) is 6.07 Å². The lowest BCUT2D eigenvalue weighted by Crippen LogP contribution is -2.30. The van der Waals surface area contributed by atoms with E-state index >= 15 is 0 Å². The van der Waals surface area contributed by atoms with Gasteiger partial charge in [0.15, 0.2) is 0 Å². The van der Waals surface area contributed by atoms with Gasteiger partial charge in [-0.05, 0) is 31.0 Å². The smallest absolute Gasteiger partial charge is 0.147 e. The second-order valence-corrected chi connectivity index (χ2v) is 5.18. The van der Waals surface area contributed by atoms with E-state index in [1.807, 2.05) is 44.2 Å². The van der Waals surface area contributed by atoms with Gasteiger partial charge >= 0.3 is 0 Å². The molecule has 0 atom stereocenters. The van der Waals surface area contributed by atoms with Gasteiger partial charge in [-0.2, -0.15) is 0 Å². The Kier molecular flexibility index (Phi) is 3.79. The molecule has 0 saturated carbocycles. The Hall–Kier alpha value is -1.96. The van der Waals surface area contributed by atoms with Crippen molar-refractivity contribution in [2.75, 3.05) is 0 Å². The number of hydrogen-bond donors (Lipinski definition) is 0. The van der Waals surface area contributed by atoms with E-state index in [0.29, 0.717) is 5.56 Å². The van der Waals surface area contributed by atoms with E-state index in [-0.39, 0.29) is 18.0 Å². The zero-order chi connectivity index (χ0) is 13.9. The Morgan fingerprint density at radius 1 is 1.00 bits per heavy atom. The monoisotopic (exact) mass is 256 g/mol. The molecule has 0 fully saturated rings. The SMILES string of the molecule is CC(C)(C(=O)Cc1ccccc1F)c1ccccc1. The maximum absolute atomic E-state index is 13.6. The molecule has 2 aromatic rings. The van der Waals surface area contributed by atoms with Gasteiger partial charge in [-0.15, -0.1) is 0 Å². The molecule has 0 unspecified atom stereocenters. The summed E-state index contributed by atoms with van der Waals surface area (Å²) in [4.78, 5) is 12.4.